The van der Waals surface area contributed by atoms with E-state index in [1.54, 1.807) is 0 Å². The highest BCUT2D eigenvalue weighted by atomic mass is 19.2. The molecule has 0 amide bonds. The maximum absolute atomic E-state index is 13.4. The second kappa shape index (κ2) is 5.55. The van der Waals surface area contributed by atoms with Gasteiger partial charge in [0.05, 0.1) is 0 Å². The summed E-state index contributed by atoms with van der Waals surface area (Å²) in [6.07, 6.45) is 0.709. The molecular formula is C11H13F2NO2. The highest BCUT2D eigenvalue weighted by molar-refractivity contribution is 5.75. The van der Waals surface area contributed by atoms with Crippen LogP contribution >= 0.6 is 0 Å². The van der Waals surface area contributed by atoms with Gasteiger partial charge in [0.1, 0.15) is 6.04 Å². The van der Waals surface area contributed by atoms with Gasteiger partial charge in [-0.15, -0.1) is 0 Å². The molecule has 0 aliphatic rings. The quantitative estimate of drug-likeness (QED) is 0.812. The zero-order chi connectivity index (χ0) is 12.1. The van der Waals surface area contributed by atoms with Crippen molar-refractivity contribution in [1.82, 2.24) is 5.32 Å². The molecule has 1 aromatic rings. The second-order valence-corrected chi connectivity index (χ2v) is 3.37. The molecule has 16 heavy (non-hydrogen) atoms. The molecular weight excluding hydrogens is 216 g/mol. The van der Waals surface area contributed by atoms with Crippen LogP contribution in [-0.2, 0) is 4.79 Å². The minimum Gasteiger partial charge on any atom is -0.480 e. The van der Waals surface area contributed by atoms with Crippen LogP contribution in [0.3, 0.4) is 0 Å². The largest absolute Gasteiger partial charge is 0.480 e. The van der Waals surface area contributed by atoms with Crippen LogP contribution < -0.4 is 5.32 Å². The number of halogens is 2. The van der Waals surface area contributed by atoms with E-state index in [-0.39, 0.29) is 5.56 Å². The van der Waals surface area contributed by atoms with Crippen LogP contribution in [0, 0.1) is 11.6 Å². The summed E-state index contributed by atoms with van der Waals surface area (Å²) in [5.74, 6) is -3.38. The molecule has 0 fully saturated rings. The van der Waals surface area contributed by atoms with Gasteiger partial charge in [0.15, 0.2) is 11.6 Å². The first-order valence-corrected chi connectivity index (χ1v) is 4.98. The monoisotopic (exact) mass is 229 g/mol. The van der Waals surface area contributed by atoms with Gasteiger partial charge in [0.2, 0.25) is 0 Å². The summed E-state index contributed by atoms with van der Waals surface area (Å²) in [7, 11) is 0. The third-order valence-electron chi connectivity index (χ3n) is 2.14. The Morgan fingerprint density at radius 1 is 1.50 bits per heavy atom. The predicted octanol–water partition coefficient (Wildman–Crippen LogP) is 2.09. The molecule has 0 spiro atoms. The molecule has 1 aromatic carbocycles. The number of rotatable bonds is 5. The van der Waals surface area contributed by atoms with Gasteiger partial charge >= 0.3 is 5.97 Å². The first-order chi connectivity index (χ1) is 7.57. The Balaban J connectivity index is 3.01. The van der Waals surface area contributed by atoms with Gasteiger partial charge in [-0.2, -0.15) is 0 Å². The van der Waals surface area contributed by atoms with Crippen LogP contribution in [0.5, 0.6) is 0 Å². The molecule has 0 radical (unpaired) electrons. The lowest BCUT2D eigenvalue weighted by Crippen LogP contribution is -2.30. The number of nitrogens with one attached hydrogen (secondary N) is 1. The molecule has 2 N–H and O–H groups in total. The molecule has 1 unspecified atom stereocenters. The van der Waals surface area contributed by atoms with Crippen molar-refractivity contribution >= 4 is 5.97 Å². The molecule has 0 saturated heterocycles. The Hall–Kier alpha value is -1.49. The van der Waals surface area contributed by atoms with Crippen LogP contribution in [0.2, 0.25) is 0 Å². The smallest absolute Gasteiger partial charge is 0.325 e. The van der Waals surface area contributed by atoms with Crippen molar-refractivity contribution in [2.24, 2.45) is 0 Å². The number of aliphatic carboxylic acids is 1. The highest BCUT2D eigenvalue weighted by Gasteiger charge is 2.23. The van der Waals surface area contributed by atoms with Crippen molar-refractivity contribution in [2.75, 3.05) is 6.54 Å². The number of hydrogen-bond acceptors (Lipinski definition) is 2. The zero-order valence-corrected chi connectivity index (χ0v) is 8.84. The van der Waals surface area contributed by atoms with Crippen molar-refractivity contribution in [3.63, 3.8) is 0 Å². The van der Waals surface area contributed by atoms with Crippen molar-refractivity contribution < 1.29 is 18.7 Å². The fourth-order valence-electron chi connectivity index (χ4n) is 1.36. The van der Waals surface area contributed by atoms with E-state index >= 15 is 0 Å². The van der Waals surface area contributed by atoms with Crippen LogP contribution in [0.25, 0.3) is 0 Å². The van der Waals surface area contributed by atoms with E-state index in [2.05, 4.69) is 5.32 Å². The summed E-state index contributed by atoms with van der Waals surface area (Å²) >= 11 is 0. The maximum atomic E-state index is 13.4. The SMILES string of the molecule is CCCNC(C(=O)O)c1cccc(F)c1F. The zero-order valence-electron chi connectivity index (χ0n) is 8.84. The molecule has 88 valence electrons. The van der Waals surface area contributed by atoms with Crippen LogP contribution in [0.1, 0.15) is 24.9 Å². The van der Waals surface area contributed by atoms with Gasteiger partial charge in [-0.1, -0.05) is 19.1 Å². The molecule has 1 atom stereocenters. The fraction of sp³-hybridized carbons (Fsp3) is 0.364. The standard InChI is InChI=1S/C11H13F2NO2/c1-2-6-14-10(11(15)16)7-4-3-5-8(12)9(7)13/h3-5,10,14H,2,6H2,1H3,(H,15,16). The van der Waals surface area contributed by atoms with E-state index in [1.807, 2.05) is 6.92 Å². The highest BCUT2D eigenvalue weighted by Crippen LogP contribution is 2.19. The van der Waals surface area contributed by atoms with Gasteiger partial charge in [-0.3, -0.25) is 4.79 Å². The van der Waals surface area contributed by atoms with E-state index in [4.69, 9.17) is 5.11 Å². The summed E-state index contributed by atoms with van der Waals surface area (Å²) in [6, 6.07) is 2.30. The summed E-state index contributed by atoms with van der Waals surface area (Å²) in [5.41, 5.74) is -0.180. The Labute approximate surface area is 92.1 Å². The van der Waals surface area contributed by atoms with Gasteiger partial charge < -0.3 is 10.4 Å². The third-order valence-corrected chi connectivity index (χ3v) is 2.14. The maximum Gasteiger partial charge on any atom is 0.325 e. The lowest BCUT2D eigenvalue weighted by atomic mass is 10.1. The topological polar surface area (TPSA) is 49.3 Å². The Kier molecular flexibility index (Phi) is 4.37. The average Bonchev–Trinajstić information content (AvgIpc) is 2.24. The predicted molar refractivity (Wildman–Crippen MR) is 55.0 cm³/mol. The Morgan fingerprint density at radius 2 is 2.19 bits per heavy atom. The third kappa shape index (κ3) is 2.76. The summed E-state index contributed by atoms with van der Waals surface area (Å²) in [6.45, 7) is 2.28. The van der Waals surface area contributed by atoms with E-state index in [9.17, 15) is 13.6 Å². The molecule has 0 aliphatic heterocycles. The van der Waals surface area contributed by atoms with E-state index in [0.717, 1.165) is 6.07 Å². The average molecular weight is 229 g/mol. The lowest BCUT2D eigenvalue weighted by molar-refractivity contribution is -0.139. The molecule has 1 rings (SSSR count). The van der Waals surface area contributed by atoms with Crippen LogP contribution in [0.15, 0.2) is 18.2 Å². The van der Waals surface area contributed by atoms with E-state index < -0.39 is 23.6 Å². The first kappa shape index (κ1) is 12.6. The summed E-state index contributed by atoms with van der Waals surface area (Å²) in [4.78, 5) is 10.9. The molecule has 0 bridgehead atoms. The second-order valence-electron chi connectivity index (χ2n) is 3.37. The van der Waals surface area contributed by atoms with Crippen LogP contribution in [-0.4, -0.2) is 17.6 Å². The minimum absolute atomic E-state index is 0.180. The van der Waals surface area contributed by atoms with Crippen LogP contribution in [0.4, 0.5) is 8.78 Å². The Morgan fingerprint density at radius 3 is 2.75 bits per heavy atom. The number of carboxylic acid groups (broad SMARTS) is 1. The summed E-state index contributed by atoms with van der Waals surface area (Å²) in [5, 5.41) is 11.6. The van der Waals surface area contributed by atoms with Crippen molar-refractivity contribution in [2.45, 2.75) is 19.4 Å². The summed E-state index contributed by atoms with van der Waals surface area (Å²) < 4.78 is 26.3. The van der Waals surface area contributed by atoms with E-state index in [0.29, 0.717) is 13.0 Å². The molecule has 5 heteroatoms. The normalized spacial score (nSPS) is 12.4. The Bertz CT molecular complexity index is 382. The molecule has 0 heterocycles. The van der Waals surface area contributed by atoms with Crippen molar-refractivity contribution in [3.8, 4) is 0 Å². The molecule has 0 saturated carbocycles. The minimum atomic E-state index is -1.22. The van der Waals surface area contributed by atoms with Gasteiger partial charge in [0.25, 0.3) is 0 Å². The van der Waals surface area contributed by atoms with Gasteiger partial charge in [-0.05, 0) is 19.0 Å². The number of carbonyl (C=O) groups is 1. The number of benzene rings is 1. The molecule has 0 aliphatic carbocycles. The number of carboxylic acids is 1. The van der Waals surface area contributed by atoms with Gasteiger partial charge in [-0.25, -0.2) is 8.78 Å². The molecule has 0 aromatic heterocycles. The lowest BCUT2D eigenvalue weighted by Gasteiger charge is -2.15. The first-order valence-electron chi connectivity index (χ1n) is 4.98. The van der Waals surface area contributed by atoms with Crippen molar-refractivity contribution in [1.29, 1.82) is 0 Å². The van der Waals surface area contributed by atoms with Gasteiger partial charge in [0, 0.05) is 5.56 Å². The van der Waals surface area contributed by atoms with Crippen molar-refractivity contribution in [3.05, 3.63) is 35.4 Å². The molecule has 3 nitrogen and oxygen atoms in total. The number of hydrogen-bond donors (Lipinski definition) is 2. The van der Waals surface area contributed by atoms with E-state index in [1.165, 1.54) is 12.1 Å². The fourth-order valence-corrected chi connectivity index (χ4v) is 1.36.